The second kappa shape index (κ2) is 7.29. The number of nitrogens with zero attached hydrogens (tertiary/aromatic N) is 2. The molecule has 1 N–H and O–H groups in total. The molecule has 2 rings (SSSR count). The van der Waals surface area contributed by atoms with E-state index in [-0.39, 0.29) is 0 Å². The van der Waals surface area contributed by atoms with Crippen LogP contribution in [0, 0.1) is 0 Å². The van der Waals surface area contributed by atoms with Crippen molar-refractivity contribution in [2.24, 2.45) is 7.05 Å². The zero-order chi connectivity index (χ0) is 13.5. The number of para-hydroxylation sites is 2. The molecule has 0 bridgehead atoms. The fourth-order valence-electron chi connectivity index (χ4n) is 2.42. The molecule has 19 heavy (non-hydrogen) atoms. The van der Waals surface area contributed by atoms with Gasteiger partial charge >= 0.3 is 0 Å². The molecule has 1 aromatic heterocycles. The predicted molar refractivity (Wildman–Crippen MR) is 81.4 cm³/mol. The van der Waals surface area contributed by atoms with E-state index in [1.807, 2.05) is 6.07 Å². The molecule has 3 heteroatoms. The third-order valence-corrected chi connectivity index (χ3v) is 3.59. The van der Waals surface area contributed by atoms with Crippen molar-refractivity contribution in [3.63, 3.8) is 0 Å². The number of nitrogens with one attached hydrogen (secondary N) is 1. The first-order valence-corrected chi connectivity index (χ1v) is 7.44. The minimum atomic E-state index is 1.05. The Labute approximate surface area is 116 Å². The van der Waals surface area contributed by atoms with Crippen molar-refractivity contribution in [3.8, 4) is 0 Å². The van der Waals surface area contributed by atoms with Crippen molar-refractivity contribution in [2.45, 2.75) is 39.0 Å². The highest BCUT2D eigenvalue weighted by Gasteiger charge is 2.05. The first kappa shape index (κ1) is 14.1. The Hall–Kier alpha value is -1.35. The second-order valence-corrected chi connectivity index (χ2v) is 5.14. The van der Waals surface area contributed by atoms with Gasteiger partial charge in [-0.25, -0.2) is 4.98 Å². The van der Waals surface area contributed by atoms with Gasteiger partial charge in [0.1, 0.15) is 5.82 Å². The summed E-state index contributed by atoms with van der Waals surface area (Å²) in [6.07, 6.45) is 6.12. The van der Waals surface area contributed by atoms with Crippen LogP contribution in [0.25, 0.3) is 11.0 Å². The van der Waals surface area contributed by atoms with E-state index in [4.69, 9.17) is 4.98 Å². The van der Waals surface area contributed by atoms with Crippen LogP contribution in [0.2, 0.25) is 0 Å². The minimum Gasteiger partial charge on any atom is -0.331 e. The van der Waals surface area contributed by atoms with E-state index in [1.165, 1.54) is 30.6 Å². The number of aryl methyl sites for hydroxylation is 2. The lowest BCUT2D eigenvalue weighted by atomic mass is 10.2. The molecule has 1 heterocycles. The van der Waals surface area contributed by atoms with Gasteiger partial charge in [-0.15, -0.1) is 0 Å². The highest BCUT2D eigenvalue weighted by Crippen LogP contribution is 2.14. The van der Waals surface area contributed by atoms with Crippen molar-refractivity contribution in [1.29, 1.82) is 0 Å². The third-order valence-electron chi connectivity index (χ3n) is 3.59. The maximum Gasteiger partial charge on any atom is 0.109 e. The van der Waals surface area contributed by atoms with Gasteiger partial charge in [0.2, 0.25) is 0 Å². The van der Waals surface area contributed by atoms with Crippen LogP contribution in [-0.2, 0) is 13.5 Å². The number of aromatic nitrogens is 2. The van der Waals surface area contributed by atoms with Crippen LogP contribution in [-0.4, -0.2) is 22.6 Å². The van der Waals surface area contributed by atoms with E-state index in [2.05, 4.69) is 42.1 Å². The lowest BCUT2D eigenvalue weighted by molar-refractivity contribution is 0.591. The first-order valence-electron chi connectivity index (χ1n) is 7.44. The van der Waals surface area contributed by atoms with Crippen LogP contribution < -0.4 is 5.32 Å². The molecule has 0 unspecified atom stereocenters. The SMILES string of the molecule is CCCCCNCCCc1nc2ccccc2n1C. The summed E-state index contributed by atoms with van der Waals surface area (Å²) in [7, 11) is 2.11. The van der Waals surface area contributed by atoms with E-state index in [9.17, 15) is 0 Å². The van der Waals surface area contributed by atoms with Crippen LogP contribution in [0.5, 0.6) is 0 Å². The lowest BCUT2D eigenvalue weighted by Gasteiger charge is -2.04. The normalized spacial score (nSPS) is 11.3. The molecule has 0 atom stereocenters. The molecular formula is C16H25N3. The average molecular weight is 259 g/mol. The molecule has 0 aliphatic carbocycles. The van der Waals surface area contributed by atoms with E-state index < -0.39 is 0 Å². The number of hydrogen-bond donors (Lipinski definition) is 1. The zero-order valence-electron chi connectivity index (χ0n) is 12.2. The number of unbranched alkanes of at least 4 members (excludes halogenated alkanes) is 2. The summed E-state index contributed by atoms with van der Waals surface area (Å²) < 4.78 is 2.21. The van der Waals surface area contributed by atoms with Crippen molar-refractivity contribution in [2.75, 3.05) is 13.1 Å². The molecule has 0 amide bonds. The Morgan fingerprint density at radius 3 is 2.68 bits per heavy atom. The summed E-state index contributed by atoms with van der Waals surface area (Å²) in [5.41, 5.74) is 2.34. The average Bonchev–Trinajstić information content (AvgIpc) is 2.75. The van der Waals surface area contributed by atoms with Gasteiger partial charge in [-0.3, -0.25) is 0 Å². The molecule has 0 aliphatic rings. The van der Waals surface area contributed by atoms with Crippen LogP contribution in [0.3, 0.4) is 0 Å². The van der Waals surface area contributed by atoms with Crippen LogP contribution in [0.1, 0.15) is 38.4 Å². The van der Waals surface area contributed by atoms with Gasteiger partial charge in [-0.1, -0.05) is 31.9 Å². The Morgan fingerprint density at radius 2 is 1.89 bits per heavy atom. The molecule has 1 aromatic carbocycles. The van der Waals surface area contributed by atoms with Crippen molar-refractivity contribution < 1.29 is 0 Å². The lowest BCUT2D eigenvalue weighted by Crippen LogP contribution is -2.17. The van der Waals surface area contributed by atoms with Gasteiger partial charge in [0.15, 0.2) is 0 Å². The van der Waals surface area contributed by atoms with Gasteiger partial charge in [-0.05, 0) is 38.1 Å². The number of hydrogen-bond acceptors (Lipinski definition) is 2. The van der Waals surface area contributed by atoms with Crippen LogP contribution >= 0.6 is 0 Å². The fraction of sp³-hybridized carbons (Fsp3) is 0.562. The van der Waals surface area contributed by atoms with Crippen molar-refractivity contribution >= 4 is 11.0 Å². The summed E-state index contributed by atoms with van der Waals surface area (Å²) in [4.78, 5) is 4.69. The third kappa shape index (κ3) is 3.80. The van der Waals surface area contributed by atoms with Gasteiger partial charge < -0.3 is 9.88 Å². The Bertz CT molecular complexity index is 502. The van der Waals surface area contributed by atoms with Gasteiger partial charge in [0.25, 0.3) is 0 Å². The zero-order valence-corrected chi connectivity index (χ0v) is 12.2. The summed E-state index contributed by atoms with van der Waals surface area (Å²) in [5, 5.41) is 3.51. The molecule has 0 saturated heterocycles. The maximum atomic E-state index is 4.69. The van der Waals surface area contributed by atoms with E-state index in [1.54, 1.807) is 0 Å². The number of benzene rings is 1. The molecule has 104 valence electrons. The molecule has 0 spiro atoms. The monoisotopic (exact) mass is 259 g/mol. The molecule has 0 fully saturated rings. The Kier molecular flexibility index (Phi) is 5.40. The van der Waals surface area contributed by atoms with Crippen LogP contribution in [0.15, 0.2) is 24.3 Å². The quantitative estimate of drug-likeness (QED) is 0.737. The molecule has 0 aliphatic heterocycles. The van der Waals surface area contributed by atoms with E-state index >= 15 is 0 Å². The maximum absolute atomic E-state index is 4.69. The van der Waals surface area contributed by atoms with Crippen molar-refractivity contribution in [1.82, 2.24) is 14.9 Å². The molecule has 3 nitrogen and oxygen atoms in total. The first-order chi connectivity index (χ1) is 9.33. The highest BCUT2D eigenvalue weighted by molar-refractivity contribution is 5.75. The second-order valence-electron chi connectivity index (χ2n) is 5.14. The van der Waals surface area contributed by atoms with Crippen LogP contribution in [0.4, 0.5) is 0 Å². The molecule has 2 aromatic rings. The molecule has 0 radical (unpaired) electrons. The summed E-state index contributed by atoms with van der Waals surface area (Å²) in [6.45, 7) is 4.48. The smallest absolute Gasteiger partial charge is 0.109 e. The van der Waals surface area contributed by atoms with Gasteiger partial charge in [0.05, 0.1) is 11.0 Å². The Morgan fingerprint density at radius 1 is 1.11 bits per heavy atom. The number of fused-ring (bicyclic) bond motifs is 1. The molecule has 0 saturated carbocycles. The van der Waals surface area contributed by atoms with Gasteiger partial charge in [-0.2, -0.15) is 0 Å². The van der Waals surface area contributed by atoms with E-state index in [0.29, 0.717) is 0 Å². The van der Waals surface area contributed by atoms with Crippen molar-refractivity contribution in [3.05, 3.63) is 30.1 Å². The standard InChI is InChI=1S/C16H25N3/c1-3-4-7-12-17-13-8-11-16-18-14-9-5-6-10-15(14)19(16)2/h5-6,9-10,17H,3-4,7-8,11-13H2,1-2H3. The highest BCUT2D eigenvalue weighted by atomic mass is 15.1. The van der Waals surface area contributed by atoms with Gasteiger partial charge in [0, 0.05) is 13.5 Å². The Balaban J connectivity index is 1.77. The summed E-state index contributed by atoms with van der Waals surface area (Å²) in [5.74, 6) is 1.19. The number of imidazole rings is 1. The topological polar surface area (TPSA) is 29.9 Å². The number of rotatable bonds is 8. The summed E-state index contributed by atoms with van der Waals surface area (Å²) >= 11 is 0. The van der Waals surface area contributed by atoms with E-state index in [0.717, 1.165) is 31.4 Å². The largest absolute Gasteiger partial charge is 0.331 e. The minimum absolute atomic E-state index is 1.05. The summed E-state index contributed by atoms with van der Waals surface area (Å²) in [6, 6.07) is 8.34. The fourth-order valence-corrected chi connectivity index (χ4v) is 2.42. The molecular weight excluding hydrogens is 234 g/mol. The predicted octanol–water partition coefficient (Wildman–Crippen LogP) is 3.29.